The molecule has 0 saturated heterocycles. The van der Waals surface area contributed by atoms with E-state index in [1.807, 2.05) is 13.8 Å². The lowest BCUT2D eigenvalue weighted by atomic mass is 9.80. The monoisotopic (exact) mass is 296 g/mol. The first kappa shape index (κ1) is 15.6. The van der Waals surface area contributed by atoms with Crippen molar-refractivity contribution in [2.24, 2.45) is 5.92 Å². The zero-order chi connectivity index (χ0) is 15.6. The summed E-state index contributed by atoms with van der Waals surface area (Å²) in [6.45, 7) is 4.94. The van der Waals surface area contributed by atoms with E-state index in [0.29, 0.717) is 13.1 Å². The van der Waals surface area contributed by atoms with Gasteiger partial charge in [0.05, 0.1) is 5.60 Å². The molecule has 1 aromatic heterocycles. The van der Waals surface area contributed by atoms with Crippen molar-refractivity contribution >= 4 is 11.5 Å². The maximum absolute atomic E-state index is 12.0. The van der Waals surface area contributed by atoms with Crippen LogP contribution in [0.3, 0.4) is 0 Å². The Bertz CT molecular complexity index is 608. The van der Waals surface area contributed by atoms with Crippen molar-refractivity contribution in [3.05, 3.63) is 20.8 Å². The average molecular weight is 296 g/mol. The summed E-state index contributed by atoms with van der Waals surface area (Å²) >= 11 is 0. The van der Waals surface area contributed by atoms with E-state index in [1.54, 1.807) is 7.11 Å². The van der Waals surface area contributed by atoms with Crippen molar-refractivity contribution < 1.29 is 4.74 Å². The molecule has 0 bridgehead atoms. The molecule has 0 spiro atoms. The molecule has 0 amide bonds. The summed E-state index contributed by atoms with van der Waals surface area (Å²) in [6.07, 6.45) is 3.04. The Hall–Kier alpha value is -1.76. The number of nitrogens with one attached hydrogen (secondary N) is 2. The Labute approximate surface area is 123 Å². The molecule has 0 radical (unpaired) electrons. The molecule has 4 N–H and O–H groups in total. The van der Waals surface area contributed by atoms with Crippen LogP contribution in [0.15, 0.2) is 9.59 Å². The molecule has 1 aliphatic rings. The highest BCUT2D eigenvalue weighted by atomic mass is 16.5. The van der Waals surface area contributed by atoms with Crippen LogP contribution in [0.25, 0.3) is 0 Å². The number of nitrogen functional groups attached to an aromatic ring is 1. The summed E-state index contributed by atoms with van der Waals surface area (Å²) in [5, 5.41) is 3.06. The quantitative estimate of drug-likeness (QED) is 0.719. The summed E-state index contributed by atoms with van der Waals surface area (Å²) in [5.41, 5.74) is 5.07. The van der Waals surface area contributed by atoms with Crippen molar-refractivity contribution in [3.8, 4) is 0 Å². The fourth-order valence-electron chi connectivity index (χ4n) is 2.58. The first-order valence-corrected chi connectivity index (χ1v) is 7.30. The Balaban J connectivity index is 2.26. The van der Waals surface area contributed by atoms with Gasteiger partial charge in [0.25, 0.3) is 5.56 Å². The molecule has 1 fully saturated rings. The van der Waals surface area contributed by atoms with Crippen LogP contribution in [0.2, 0.25) is 0 Å². The lowest BCUT2D eigenvalue weighted by Crippen LogP contribution is -2.46. The first-order chi connectivity index (χ1) is 9.88. The molecule has 1 heterocycles. The highest BCUT2D eigenvalue weighted by Gasteiger charge is 2.37. The number of methoxy groups -OCH3 is 1. The lowest BCUT2D eigenvalue weighted by Gasteiger charge is -2.40. The van der Waals surface area contributed by atoms with Crippen molar-refractivity contribution in [1.82, 2.24) is 9.55 Å². The van der Waals surface area contributed by atoms with Crippen molar-refractivity contribution in [3.63, 3.8) is 0 Å². The van der Waals surface area contributed by atoms with E-state index < -0.39 is 11.2 Å². The second-order valence-electron chi connectivity index (χ2n) is 6.12. The van der Waals surface area contributed by atoms with Gasteiger partial charge in [-0.05, 0) is 25.2 Å². The predicted molar refractivity (Wildman–Crippen MR) is 82.7 cm³/mol. The van der Waals surface area contributed by atoms with Gasteiger partial charge in [-0.2, -0.15) is 0 Å². The van der Waals surface area contributed by atoms with Crippen LogP contribution in [0.1, 0.15) is 33.1 Å². The van der Waals surface area contributed by atoms with E-state index in [2.05, 4.69) is 10.3 Å². The van der Waals surface area contributed by atoms with Crippen LogP contribution in [-0.4, -0.2) is 28.8 Å². The second-order valence-corrected chi connectivity index (χ2v) is 6.12. The SMILES string of the molecule is COC1(CNc2c(N)n(CC(C)C)c(=O)[nH]c2=O)CCC1. The van der Waals surface area contributed by atoms with E-state index in [0.717, 1.165) is 19.3 Å². The Morgan fingerprint density at radius 3 is 2.57 bits per heavy atom. The topological polar surface area (TPSA) is 102 Å². The van der Waals surface area contributed by atoms with Gasteiger partial charge in [-0.15, -0.1) is 0 Å². The van der Waals surface area contributed by atoms with Gasteiger partial charge in [-0.3, -0.25) is 14.3 Å². The standard InChI is InChI=1S/C14H24N4O3/c1-9(2)7-18-11(15)10(12(19)17-13(18)20)16-8-14(21-3)5-4-6-14/h9,16H,4-8,15H2,1-3H3,(H,17,19,20). The fourth-order valence-corrected chi connectivity index (χ4v) is 2.58. The maximum atomic E-state index is 12.0. The van der Waals surface area contributed by atoms with E-state index in [4.69, 9.17) is 10.5 Å². The van der Waals surface area contributed by atoms with E-state index in [1.165, 1.54) is 4.57 Å². The summed E-state index contributed by atoms with van der Waals surface area (Å²) in [4.78, 5) is 26.1. The minimum Gasteiger partial charge on any atom is -0.383 e. The van der Waals surface area contributed by atoms with E-state index >= 15 is 0 Å². The normalized spacial score (nSPS) is 16.8. The average Bonchev–Trinajstić information content (AvgIpc) is 2.36. The zero-order valence-corrected chi connectivity index (χ0v) is 12.9. The number of hydrogen-bond donors (Lipinski definition) is 3. The Kier molecular flexibility index (Phi) is 4.41. The molecule has 21 heavy (non-hydrogen) atoms. The van der Waals surface area contributed by atoms with Crippen molar-refractivity contribution in [1.29, 1.82) is 0 Å². The molecule has 0 unspecified atom stereocenters. The third-order valence-corrected chi connectivity index (χ3v) is 4.07. The molecule has 1 aromatic rings. The minimum absolute atomic E-state index is 0.183. The number of anilines is 2. The second kappa shape index (κ2) is 5.93. The van der Waals surface area contributed by atoms with Crippen LogP contribution >= 0.6 is 0 Å². The first-order valence-electron chi connectivity index (χ1n) is 7.30. The van der Waals surface area contributed by atoms with E-state index in [9.17, 15) is 9.59 Å². The van der Waals surface area contributed by atoms with Crippen LogP contribution in [0, 0.1) is 5.92 Å². The van der Waals surface area contributed by atoms with Crippen LogP contribution < -0.4 is 22.3 Å². The Morgan fingerprint density at radius 2 is 2.10 bits per heavy atom. The molecule has 0 aliphatic heterocycles. The zero-order valence-electron chi connectivity index (χ0n) is 12.9. The number of nitrogens with two attached hydrogens (primary N) is 1. The summed E-state index contributed by atoms with van der Waals surface area (Å²) in [5.74, 6) is 0.434. The summed E-state index contributed by atoms with van der Waals surface area (Å²) in [6, 6.07) is 0. The lowest BCUT2D eigenvalue weighted by molar-refractivity contribution is -0.0601. The molecular formula is C14H24N4O3. The van der Waals surface area contributed by atoms with Crippen molar-refractivity contribution in [2.45, 2.75) is 45.3 Å². The number of aromatic amines is 1. The van der Waals surface area contributed by atoms with Gasteiger partial charge in [0.15, 0.2) is 0 Å². The molecule has 0 aromatic carbocycles. The third kappa shape index (κ3) is 3.12. The van der Waals surface area contributed by atoms with Gasteiger partial charge in [0, 0.05) is 20.2 Å². The number of ether oxygens (including phenoxy) is 1. The highest BCUT2D eigenvalue weighted by molar-refractivity contribution is 5.60. The largest absolute Gasteiger partial charge is 0.383 e. The summed E-state index contributed by atoms with van der Waals surface area (Å²) < 4.78 is 6.91. The maximum Gasteiger partial charge on any atom is 0.330 e. The number of H-pyrrole nitrogens is 1. The van der Waals surface area contributed by atoms with Gasteiger partial charge in [-0.25, -0.2) is 4.79 Å². The van der Waals surface area contributed by atoms with Gasteiger partial charge < -0.3 is 15.8 Å². The van der Waals surface area contributed by atoms with Gasteiger partial charge >= 0.3 is 5.69 Å². The van der Waals surface area contributed by atoms with E-state index in [-0.39, 0.29) is 23.0 Å². The number of rotatable bonds is 6. The molecule has 7 nitrogen and oxygen atoms in total. The smallest absolute Gasteiger partial charge is 0.330 e. The number of hydrogen-bond acceptors (Lipinski definition) is 5. The molecule has 118 valence electrons. The molecule has 0 atom stereocenters. The Morgan fingerprint density at radius 1 is 1.43 bits per heavy atom. The summed E-state index contributed by atoms with van der Waals surface area (Å²) in [7, 11) is 1.67. The van der Waals surface area contributed by atoms with Gasteiger partial charge in [0.2, 0.25) is 0 Å². The highest BCUT2D eigenvalue weighted by Crippen LogP contribution is 2.35. The fraction of sp³-hybridized carbons (Fsp3) is 0.714. The third-order valence-electron chi connectivity index (χ3n) is 4.07. The van der Waals surface area contributed by atoms with Crippen LogP contribution in [0.5, 0.6) is 0 Å². The molecule has 7 heteroatoms. The number of aromatic nitrogens is 2. The van der Waals surface area contributed by atoms with Crippen LogP contribution in [0.4, 0.5) is 11.5 Å². The minimum atomic E-state index is -0.483. The van der Waals surface area contributed by atoms with Crippen molar-refractivity contribution in [2.75, 3.05) is 24.7 Å². The molecule has 2 rings (SSSR count). The molecule has 1 saturated carbocycles. The van der Waals surface area contributed by atoms with Gasteiger partial charge in [-0.1, -0.05) is 13.8 Å². The van der Waals surface area contributed by atoms with Gasteiger partial charge in [0.1, 0.15) is 11.5 Å². The predicted octanol–water partition coefficient (Wildman–Crippen LogP) is 0.756. The molecular weight excluding hydrogens is 272 g/mol. The number of nitrogens with zero attached hydrogens (tertiary/aromatic N) is 1. The van der Waals surface area contributed by atoms with Crippen LogP contribution in [-0.2, 0) is 11.3 Å². The molecule has 1 aliphatic carbocycles.